The van der Waals surface area contributed by atoms with Crippen LogP contribution in [0.3, 0.4) is 0 Å². The van der Waals surface area contributed by atoms with E-state index in [0.717, 1.165) is 11.3 Å². The number of rotatable bonds is 5. The summed E-state index contributed by atoms with van der Waals surface area (Å²) in [6, 6.07) is 6.68. The third-order valence-electron chi connectivity index (χ3n) is 2.39. The maximum Gasteiger partial charge on any atom is 0.273 e. The van der Waals surface area contributed by atoms with E-state index in [1.54, 1.807) is 31.2 Å². The van der Waals surface area contributed by atoms with Gasteiger partial charge in [-0.1, -0.05) is 22.9 Å². The molecule has 20 heavy (non-hydrogen) atoms. The lowest BCUT2D eigenvalue weighted by Gasteiger charge is -2.08. The Morgan fingerprint density at radius 3 is 2.50 bits per heavy atom. The first-order chi connectivity index (χ1) is 9.42. The Hall–Kier alpha value is -1.31. The summed E-state index contributed by atoms with van der Waals surface area (Å²) in [5, 5.41) is 0. The summed E-state index contributed by atoms with van der Waals surface area (Å²) >= 11 is 6.66. The number of anilines is 1. The number of hydrogen-bond donors (Lipinski definition) is 1. The SMILES string of the molecule is CCOc1ccc(NS(=O)(=O)c2sc(Cl)nc2C)cc1. The molecule has 0 spiro atoms. The third kappa shape index (κ3) is 3.41. The molecule has 0 atom stereocenters. The van der Waals surface area contributed by atoms with E-state index in [0.29, 0.717) is 23.7 Å². The highest BCUT2D eigenvalue weighted by atomic mass is 35.5. The van der Waals surface area contributed by atoms with Gasteiger partial charge < -0.3 is 4.74 Å². The highest BCUT2D eigenvalue weighted by Crippen LogP contribution is 2.28. The molecule has 0 amide bonds. The van der Waals surface area contributed by atoms with Crippen LogP contribution in [0.15, 0.2) is 28.5 Å². The van der Waals surface area contributed by atoms with Crippen molar-refractivity contribution in [1.82, 2.24) is 4.98 Å². The van der Waals surface area contributed by atoms with E-state index in [1.165, 1.54) is 0 Å². The molecule has 0 aliphatic carbocycles. The quantitative estimate of drug-likeness (QED) is 0.912. The van der Waals surface area contributed by atoms with E-state index < -0.39 is 10.0 Å². The van der Waals surface area contributed by atoms with Crippen LogP contribution in [0.2, 0.25) is 4.47 Å². The maximum absolute atomic E-state index is 12.2. The van der Waals surface area contributed by atoms with E-state index in [-0.39, 0.29) is 8.68 Å². The van der Waals surface area contributed by atoms with E-state index in [4.69, 9.17) is 16.3 Å². The molecule has 0 aliphatic heterocycles. The molecule has 1 N–H and O–H groups in total. The molecule has 0 unspecified atom stereocenters. The van der Waals surface area contributed by atoms with Gasteiger partial charge in [-0.3, -0.25) is 4.72 Å². The molecular formula is C12H13ClN2O3S2. The lowest BCUT2D eigenvalue weighted by molar-refractivity contribution is 0.340. The number of benzene rings is 1. The predicted octanol–water partition coefficient (Wildman–Crippen LogP) is 3.30. The number of sulfonamides is 1. The van der Waals surface area contributed by atoms with Crippen molar-refractivity contribution in [3.8, 4) is 5.75 Å². The van der Waals surface area contributed by atoms with Crippen LogP contribution in [-0.2, 0) is 10.0 Å². The zero-order chi connectivity index (χ0) is 14.8. The fourth-order valence-electron chi connectivity index (χ4n) is 1.59. The Bertz CT molecular complexity index is 696. The first-order valence-electron chi connectivity index (χ1n) is 5.81. The lowest BCUT2D eigenvalue weighted by atomic mass is 10.3. The van der Waals surface area contributed by atoms with Gasteiger partial charge in [-0.25, -0.2) is 13.4 Å². The fourth-order valence-corrected chi connectivity index (χ4v) is 4.39. The zero-order valence-corrected chi connectivity index (χ0v) is 13.3. The van der Waals surface area contributed by atoms with Crippen molar-refractivity contribution in [3.63, 3.8) is 0 Å². The number of aryl methyl sites for hydroxylation is 1. The van der Waals surface area contributed by atoms with Gasteiger partial charge in [0.05, 0.1) is 12.3 Å². The lowest BCUT2D eigenvalue weighted by Crippen LogP contribution is -2.12. The van der Waals surface area contributed by atoms with Crippen LogP contribution in [0.5, 0.6) is 5.75 Å². The second-order valence-electron chi connectivity index (χ2n) is 3.90. The van der Waals surface area contributed by atoms with Gasteiger partial charge in [0, 0.05) is 5.69 Å². The molecule has 1 aromatic heterocycles. The molecule has 0 aliphatic rings. The average molecular weight is 333 g/mol. The molecule has 2 aromatic rings. The Morgan fingerprint density at radius 1 is 1.35 bits per heavy atom. The summed E-state index contributed by atoms with van der Waals surface area (Å²) in [7, 11) is -3.67. The summed E-state index contributed by atoms with van der Waals surface area (Å²) in [5.74, 6) is 0.687. The summed E-state index contributed by atoms with van der Waals surface area (Å²) in [5.41, 5.74) is 0.843. The van der Waals surface area contributed by atoms with E-state index in [1.807, 2.05) is 6.92 Å². The number of nitrogens with zero attached hydrogens (tertiary/aromatic N) is 1. The highest BCUT2D eigenvalue weighted by molar-refractivity contribution is 7.94. The summed E-state index contributed by atoms with van der Waals surface area (Å²) in [6.45, 7) is 4.05. The summed E-state index contributed by atoms with van der Waals surface area (Å²) < 4.78 is 32.5. The van der Waals surface area contributed by atoms with Gasteiger partial charge in [0.1, 0.15) is 5.75 Å². The van der Waals surface area contributed by atoms with Crippen LogP contribution in [0.1, 0.15) is 12.6 Å². The molecule has 1 aromatic carbocycles. The van der Waals surface area contributed by atoms with Crippen molar-refractivity contribution >= 4 is 38.6 Å². The van der Waals surface area contributed by atoms with Crippen LogP contribution in [-0.4, -0.2) is 20.0 Å². The minimum absolute atomic E-state index is 0.122. The van der Waals surface area contributed by atoms with Crippen LogP contribution in [0.25, 0.3) is 0 Å². The van der Waals surface area contributed by atoms with Crippen molar-refractivity contribution in [2.24, 2.45) is 0 Å². The Kier molecular flexibility index (Phi) is 4.52. The minimum atomic E-state index is -3.67. The molecule has 0 radical (unpaired) electrons. The number of hydrogen-bond acceptors (Lipinski definition) is 5. The Labute approximate surface area is 126 Å². The second-order valence-corrected chi connectivity index (χ2v) is 7.36. The van der Waals surface area contributed by atoms with Crippen molar-refractivity contribution in [2.75, 3.05) is 11.3 Å². The number of halogens is 1. The zero-order valence-electron chi connectivity index (χ0n) is 10.9. The van der Waals surface area contributed by atoms with Gasteiger partial charge in [-0.15, -0.1) is 0 Å². The van der Waals surface area contributed by atoms with Gasteiger partial charge in [0.25, 0.3) is 10.0 Å². The van der Waals surface area contributed by atoms with Crippen molar-refractivity contribution < 1.29 is 13.2 Å². The topological polar surface area (TPSA) is 68.3 Å². The van der Waals surface area contributed by atoms with Gasteiger partial charge in [0.2, 0.25) is 0 Å². The Balaban J connectivity index is 2.22. The molecule has 0 fully saturated rings. The average Bonchev–Trinajstić information content (AvgIpc) is 2.72. The van der Waals surface area contributed by atoms with Gasteiger partial charge in [-0.05, 0) is 38.1 Å². The van der Waals surface area contributed by atoms with Crippen molar-refractivity contribution in [1.29, 1.82) is 0 Å². The van der Waals surface area contributed by atoms with Crippen LogP contribution < -0.4 is 9.46 Å². The summed E-state index contributed by atoms with van der Waals surface area (Å²) in [6.07, 6.45) is 0. The van der Waals surface area contributed by atoms with E-state index >= 15 is 0 Å². The van der Waals surface area contributed by atoms with Gasteiger partial charge >= 0.3 is 0 Å². The fraction of sp³-hybridized carbons (Fsp3) is 0.250. The van der Waals surface area contributed by atoms with E-state index in [9.17, 15) is 8.42 Å². The number of ether oxygens (including phenoxy) is 1. The Morgan fingerprint density at radius 2 is 2.00 bits per heavy atom. The first kappa shape index (κ1) is 15.1. The molecule has 2 rings (SSSR count). The van der Waals surface area contributed by atoms with Crippen molar-refractivity contribution in [2.45, 2.75) is 18.1 Å². The van der Waals surface area contributed by atoms with Crippen LogP contribution in [0, 0.1) is 6.92 Å². The largest absolute Gasteiger partial charge is 0.494 e. The van der Waals surface area contributed by atoms with Crippen LogP contribution >= 0.6 is 22.9 Å². The minimum Gasteiger partial charge on any atom is -0.494 e. The smallest absolute Gasteiger partial charge is 0.273 e. The van der Waals surface area contributed by atoms with Gasteiger partial charge in [-0.2, -0.15) is 0 Å². The standard InChI is InChI=1S/C12H13ClN2O3S2/c1-3-18-10-6-4-9(5-7-10)15-20(16,17)11-8(2)14-12(13)19-11/h4-7,15H,3H2,1-2H3. The molecule has 5 nitrogen and oxygen atoms in total. The van der Waals surface area contributed by atoms with Gasteiger partial charge in [0.15, 0.2) is 8.68 Å². The molecule has 0 bridgehead atoms. The predicted molar refractivity (Wildman–Crippen MR) is 80.3 cm³/mol. The monoisotopic (exact) mass is 332 g/mol. The first-order valence-corrected chi connectivity index (χ1v) is 8.48. The molecule has 1 heterocycles. The highest BCUT2D eigenvalue weighted by Gasteiger charge is 2.21. The molecular weight excluding hydrogens is 320 g/mol. The van der Waals surface area contributed by atoms with Crippen LogP contribution in [0.4, 0.5) is 5.69 Å². The number of aromatic nitrogens is 1. The number of nitrogens with one attached hydrogen (secondary N) is 1. The normalized spacial score (nSPS) is 11.3. The van der Waals surface area contributed by atoms with Crippen molar-refractivity contribution in [3.05, 3.63) is 34.4 Å². The molecule has 8 heteroatoms. The molecule has 0 saturated carbocycles. The molecule has 0 saturated heterocycles. The number of thiazole rings is 1. The maximum atomic E-state index is 12.2. The second kappa shape index (κ2) is 5.99. The summed E-state index contributed by atoms with van der Waals surface area (Å²) in [4.78, 5) is 3.90. The molecule has 108 valence electrons. The third-order valence-corrected chi connectivity index (χ3v) is 5.64. The van der Waals surface area contributed by atoms with E-state index in [2.05, 4.69) is 9.71 Å².